The highest BCUT2D eigenvalue weighted by Gasteiger charge is 2.18. The molecule has 0 saturated carbocycles. The number of aryl methyl sites for hydroxylation is 1. The highest BCUT2D eigenvalue weighted by Crippen LogP contribution is 2.20. The van der Waals surface area contributed by atoms with Crippen LogP contribution in [-0.4, -0.2) is 20.9 Å². The van der Waals surface area contributed by atoms with Crippen molar-refractivity contribution in [2.45, 2.75) is 39.7 Å². The predicted molar refractivity (Wildman–Crippen MR) is 83.3 cm³/mol. The van der Waals surface area contributed by atoms with Crippen LogP contribution < -0.4 is 11.1 Å². The van der Waals surface area contributed by atoms with Crippen molar-refractivity contribution in [1.82, 2.24) is 20.3 Å². The second-order valence-electron chi connectivity index (χ2n) is 5.19. The summed E-state index contributed by atoms with van der Waals surface area (Å²) in [6, 6.07) is -0.187. The van der Waals surface area contributed by atoms with Gasteiger partial charge in [-0.25, -0.2) is 15.0 Å². The lowest BCUT2D eigenvalue weighted by Crippen LogP contribution is -2.28. The van der Waals surface area contributed by atoms with E-state index in [1.165, 1.54) is 6.20 Å². The topological polar surface area (TPSA) is 93.8 Å². The number of aromatic nitrogens is 3. The molecular weight excluding hydrogens is 286 g/mol. The SMILES string of the molecule is Cc1cnc(C(C)NC(=O)c2nc(C(C)C)ncc2N)s1. The van der Waals surface area contributed by atoms with Gasteiger partial charge in [-0.05, 0) is 13.8 Å². The molecule has 0 saturated heterocycles. The number of hydrogen-bond donors (Lipinski definition) is 2. The van der Waals surface area contributed by atoms with Gasteiger partial charge in [-0.3, -0.25) is 4.79 Å². The quantitative estimate of drug-likeness (QED) is 0.904. The molecule has 0 spiro atoms. The van der Waals surface area contributed by atoms with Gasteiger partial charge in [0, 0.05) is 17.0 Å². The molecule has 2 rings (SSSR count). The van der Waals surface area contributed by atoms with E-state index in [2.05, 4.69) is 20.3 Å². The van der Waals surface area contributed by atoms with Crippen molar-refractivity contribution < 1.29 is 4.79 Å². The molecule has 112 valence electrons. The van der Waals surface area contributed by atoms with Crippen LogP contribution in [0.25, 0.3) is 0 Å². The number of nitrogens with one attached hydrogen (secondary N) is 1. The largest absolute Gasteiger partial charge is 0.396 e. The van der Waals surface area contributed by atoms with Crippen molar-refractivity contribution in [2.75, 3.05) is 5.73 Å². The first-order chi connectivity index (χ1) is 9.88. The summed E-state index contributed by atoms with van der Waals surface area (Å²) in [6.45, 7) is 7.80. The Bertz CT molecular complexity index is 653. The van der Waals surface area contributed by atoms with E-state index in [9.17, 15) is 4.79 Å². The van der Waals surface area contributed by atoms with Crippen molar-refractivity contribution in [3.63, 3.8) is 0 Å². The molecule has 6 nitrogen and oxygen atoms in total. The summed E-state index contributed by atoms with van der Waals surface area (Å²) >= 11 is 1.56. The summed E-state index contributed by atoms with van der Waals surface area (Å²) < 4.78 is 0. The first-order valence-electron chi connectivity index (χ1n) is 6.74. The maximum atomic E-state index is 12.3. The van der Waals surface area contributed by atoms with Gasteiger partial charge in [-0.2, -0.15) is 0 Å². The fraction of sp³-hybridized carbons (Fsp3) is 0.429. The molecule has 1 atom stereocenters. The number of amides is 1. The zero-order valence-corrected chi connectivity index (χ0v) is 13.4. The second kappa shape index (κ2) is 6.17. The normalized spacial score (nSPS) is 12.4. The maximum Gasteiger partial charge on any atom is 0.272 e. The van der Waals surface area contributed by atoms with Crippen LogP contribution in [0.4, 0.5) is 5.69 Å². The Morgan fingerprint density at radius 2 is 2.00 bits per heavy atom. The molecule has 7 heteroatoms. The Morgan fingerprint density at radius 1 is 1.29 bits per heavy atom. The van der Waals surface area contributed by atoms with Gasteiger partial charge < -0.3 is 11.1 Å². The molecule has 21 heavy (non-hydrogen) atoms. The van der Waals surface area contributed by atoms with Crippen molar-refractivity contribution in [2.24, 2.45) is 0 Å². The fourth-order valence-corrected chi connectivity index (χ4v) is 2.54. The zero-order valence-electron chi connectivity index (χ0n) is 12.5. The van der Waals surface area contributed by atoms with E-state index in [1.807, 2.05) is 27.7 Å². The minimum Gasteiger partial charge on any atom is -0.396 e. The first-order valence-corrected chi connectivity index (χ1v) is 7.55. The second-order valence-corrected chi connectivity index (χ2v) is 6.46. The third-order valence-electron chi connectivity index (χ3n) is 2.92. The average Bonchev–Trinajstić information content (AvgIpc) is 2.85. The van der Waals surface area contributed by atoms with Gasteiger partial charge in [0.2, 0.25) is 0 Å². The van der Waals surface area contributed by atoms with E-state index in [-0.39, 0.29) is 29.2 Å². The lowest BCUT2D eigenvalue weighted by molar-refractivity contribution is 0.0935. The molecule has 2 heterocycles. The van der Waals surface area contributed by atoms with Crippen LogP contribution in [0.2, 0.25) is 0 Å². The van der Waals surface area contributed by atoms with Gasteiger partial charge in [-0.1, -0.05) is 13.8 Å². The van der Waals surface area contributed by atoms with Crippen LogP contribution >= 0.6 is 11.3 Å². The molecule has 1 unspecified atom stereocenters. The summed E-state index contributed by atoms with van der Waals surface area (Å²) in [5.41, 5.74) is 6.30. The highest BCUT2D eigenvalue weighted by molar-refractivity contribution is 7.11. The number of anilines is 1. The van der Waals surface area contributed by atoms with E-state index in [1.54, 1.807) is 17.5 Å². The molecule has 2 aromatic rings. The Labute approximate surface area is 127 Å². The molecule has 0 fully saturated rings. The summed E-state index contributed by atoms with van der Waals surface area (Å²) in [7, 11) is 0. The van der Waals surface area contributed by atoms with Gasteiger partial charge in [0.25, 0.3) is 5.91 Å². The Kier molecular flexibility index (Phi) is 4.52. The third kappa shape index (κ3) is 3.55. The predicted octanol–water partition coefficient (Wildman–Crippen LogP) is 2.44. The molecule has 0 radical (unpaired) electrons. The molecule has 2 aromatic heterocycles. The standard InChI is InChI=1S/C14H19N5OS/c1-7(2)12-16-6-10(15)11(19-12)13(20)18-9(4)14-17-5-8(3)21-14/h5-7,9H,15H2,1-4H3,(H,18,20). The van der Waals surface area contributed by atoms with E-state index in [0.717, 1.165) is 9.88 Å². The molecule has 0 aliphatic carbocycles. The molecule has 0 aliphatic heterocycles. The van der Waals surface area contributed by atoms with Gasteiger partial charge >= 0.3 is 0 Å². The van der Waals surface area contributed by atoms with Gasteiger partial charge in [-0.15, -0.1) is 11.3 Å². The number of carbonyl (C=O) groups excluding carboxylic acids is 1. The fourth-order valence-electron chi connectivity index (χ4n) is 1.76. The van der Waals surface area contributed by atoms with Gasteiger partial charge in [0.15, 0.2) is 5.69 Å². The smallest absolute Gasteiger partial charge is 0.272 e. The maximum absolute atomic E-state index is 12.3. The highest BCUT2D eigenvalue weighted by atomic mass is 32.1. The Morgan fingerprint density at radius 3 is 2.57 bits per heavy atom. The third-order valence-corrected chi connectivity index (χ3v) is 4.02. The number of rotatable bonds is 4. The van der Waals surface area contributed by atoms with Crippen LogP contribution in [0.5, 0.6) is 0 Å². The minimum atomic E-state index is -0.308. The zero-order chi connectivity index (χ0) is 15.6. The Hall–Kier alpha value is -2.02. The first kappa shape index (κ1) is 15.4. The lowest BCUT2D eigenvalue weighted by atomic mass is 10.2. The number of carbonyl (C=O) groups is 1. The molecular formula is C14H19N5OS. The van der Waals surface area contributed by atoms with Gasteiger partial charge in [0.1, 0.15) is 10.8 Å². The summed E-state index contributed by atoms with van der Waals surface area (Å²) in [6.07, 6.45) is 3.27. The Balaban J connectivity index is 2.18. The van der Waals surface area contributed by atoms with Crippen molar-refractivity contribution >= 4 is 22.9 Å². The summed E-state index contributed by atoms with van der Waals surface area (Å²) in [5.74, 6) is 0.431. The number of nitrogens with two attached hydrogens (primary N) is 1. The van der Waals surface area contributed by atoms with Crippen LogP contribution in [0.15, 0.2) is 12.4 Å². The summed E-state index contributed by atoms with van der Waals surface area (Å²) in [4.78, 5) is 26.1. The summed E-state index contributed by atoms with van der Waals surface area (Å²) in [5, 5.41) is 3.73. The molecule has 1 amide bonds. The molecule has 0 bridgehead atoms. The van der Waals surface area contributed by atoms with Crippen molar-refractivity contribution in [1.29, 1.82) is 0 Å². The number of nitrogens with zero attached hydrogens (tertiary/aromatic N) is 3. The number of nitrogen functional groups attached to an aromatic ring is 1. The van der Waals surface area contributed by atoms with Crippen LogP contribution in [-0.2, 0) is 0 Å². The van der Waals surface area contributed by atoms with Crippen molar-refractivity contribution in [3.05, 3.63) is 33.8 Å². The van der Waals surface area contributed by atoms with E-state index in [0.29, 0.717) is 5.82 Å². The van der Waals surface area contributed by atoms with Crippen LogP contribution in [0, 0.1) is 6.92 Å². The average molecular weight is 305 g/mol. The number of hydrogen-bond acceptors (Lipinski definition) is 6. The molecule has 0 aromatic carbocycles. The minimum absolute atomic E-state index is 0.135. The monoisotopic (exact) mass is 305 g/mol. The van der Waals surface area contributed by atoms with Gasteiger partial charge in [0.05, 0.1) is 17.9 Å². The van der Waals surface area contributed by atoms with Crippen molar-refractivity contribution in [3.8, 4) is 0 Å². The van der Waals surface area contributed by atoms with Crippen LogP contribution in [0.1, 0.15) is 58.9 Å². The van der Waals surface area contributed by atoms with Crippen LogP contribution in [0.3, 0.4) is 0 Å². The molecule has 3 N–H and O–H groups in total. The number of thiazole rings is 1. The molecule has 0 aliphatic rings. The van der Waals surface area contributed by atoms with E-state index >= 15 is 0 Å². The lowest BCUT2D eigenvalue weighted by Gasteiger charge is -2.13. The van der Waals surface area contributed by atoms with E-state index < -0.39 is 0 Å². The van der Waals surface area contributed by atoms with E-state index in [4.69, 9.17) is 5.73 Å².